The van der Waals surface area contributed by atoms with Gasteiger partial charge in [0.1, 0.15) is 10.7 Å². The van der Waals surface area contributed by atoms with Gasteiger partial charge in [-0.2, -0.15) is 0 Å². The maximum absolute atomic E-state index is 12.6. The molecule has 2 heterocycles. The van der Waals surface area contributed by atoms with Crippen molar-refractivity contribution in [2.75, 3.05) is 0 Å². The molecule has 0 saturated heterocycles. The first-order chi connectivity index (χ1) is 9.54. The molecular weight excluding hydrogens is 268 g/mol. The van der Waals surface area contributed by atoms with Gasteiger partial charge < -0.3 is 0 Å². The van der Waals surface area contributed by atoms with Crippen LogP contribution in [0.3, 0.4) is 0 Å². The molecule has 0 bridgehead atoms. The van der Waals surface area contributed by atoms with Crippen LogP contribution in [0.4, 0.5) is 0 Å². The van der Waals surface area contributed by atoms with Gasteiger partial charge in [-0.05, 0) is 32.4 Å². The number of nitrogens with zero attached hydrogens (tertiary/aromatic N) is 2. The van der Waals surface area contributed by atoms with Crippen LogP contribution >= 0.6 is 11.3 Å². The van der Waals surface area contributed by atoms with E-state index in [2.05, 4.69) is 36.2 Å². The summed E-state index contributed by atoms with van der Waals surface area (Å²) < 4.78 is 1.75. The molecule has 20 heavy (non-hydrogen) atoms. The van der Waals surface area contributed by atoms with Crippen molar-refractivity contribution < 1.29 is 0 Å². The van der Waals surface area contributed by atoms with Gasteiger partial charge in [0.05, 0.1) is 11.9 Å². The molecule has 102 valence electrons. The molecule has 4 heteroatoms. The Balaban J connectivity index is 2.11. The van der Waals surface area contributed by atoms with Crippen LogP contribution in [0.2, 0.25) is 0 Å². The third-order valence-corrected chi connectivity index (χ3v) is 4.37. The Morgan fingerprint density at radius 3 is 2.55 bits per heavy atom. The highest BCUT2D eigenvalue weighted by atomic mass is 32.1. The third kappa shape index (κ3) is 2.27. The molecule has 2 aromatic heterocycles. The summed E-state index contributed by atoms with van der Waals surface area (Å²) in [6, 6.07) is 10.2. The Kier molecular flexibility index (Phi) is 3.18. The summed E-state index contributed by atoms with van der Waals surface area (Å²) in [6.07, 6.45) is 0. The van der Waals surface area contributed by atoms with E-state index in [1.54, 1.807) is 15.9 Å². The zero-order valence-electron chi connectivity index (χ0n) is 11.8. The summed E-state index contributed by atoms with van der Waals surface area (Å²) >= 11 is 1.57. The van der Waals surface area contributed by atoms with E-state index in [1.807, 2.05) is 19.9 Å². The van der Waals surface area contributed by atoms with Crippen LogP contribution in [0, 0.1) is 20.8 Å². The molecular formula is C16H16N2OS. The molecule has 0 unspecified atom stereocenters. The molecule has 1 aromatic carbocycles. The molecule has 0 saturated carbocycles. The number of hydrogen-bond donors (Lipinski definition) is 0. The van der Waals surface area contributed by atoms with E-state index < -0.39 is 0 Å². The Labute approximate surface area is 121 Å². The fraction of sp³-hybridized carbons (Fsp3) is 0.250. The van der Waals surface area contributed by atoms with E-state index in [4.69, 9.17) is 0 Å². The first-order valence-electron chi connectivity index (χ1n) is 6.58. The van der Waals surface area contributed by atoms with Crippen LogP contribution in [0.15, 0.2) is 35.1 Å². The van der Waals surface area contributed by atoms with Crippen LogP contribution in [0.1, 0.15) is 21.8 Å². The van der Waals surface area contributed by atoms with Gasteiger partial charge in [-0.1, -0.05) is 29.8 Å². The van der Waals surface area contributed by atoms with E-state index in [0.29, 0.717) is 6.54 Å². The van der Waals surface area contributed by atoms with Gasteiger partial charge in [-0.15, -0.1) is 11.3 Å². The second kappa shape index (κ2) is 4.87. The summed E-state index contributed by atoms with van der Waals surface area (Å²) in [4.78, 5) is 19.1. The molecule has 0 aliphatic heterocycles. The van der Waals surface area contributed by atoms with Crippen LogP contribution < -0.4 is 5.56 Å². The van der Waals surface area contributed by atoms with Crippen molar-refractivity contribution in [1.29, 1.82) is 0 Å². The summed E-state index contributed by atoms with van der Waals surface area (Å²) in [5.41, 5.74) is 2.39. The Bertz CT molecular complexity index is 828. The second-order valence-electron chi connectivity index (χ2n) is 5.11. The highest BCUT2D eigenvalue weighted by Crippen LogP contribution is 2.20. The second-order valence-corrected chi connectivity index (χ2v) is 6.35. The van der Waals surface area contributed by atoms with Crippen molar-refractivity contribution in [3.63, 3.8) is 0 Å². The normalized spacial score (nSPS) is 11.2. The summed E-state index contributed by atoms with van der Waals surface area (Å²) in [7, 11) is 0. The largest absolute Gasteiger partial charge is 0.292 e. The zero-order chi connectivity index (χ0) is 14.3. The van der Waals surface area contributed by atoms with Gasteiger partial charge in [0.2, 0.25) is 0 Å². The molecule has 0 aliphatic rings. The first kappa shape index (κ1) is 13.1. The number of fused-ring (bicyclic) bond motifs is 1. The van der Waals surface area contributed by atoms with Crippen molar-refractivity contribution in [3.05, 3.63) is 62.5 Å². The minimum atomic E-state index is 0.0532. The predicted molar refractivity (Wildman–Crippen MR) is 83.6 cm³/mol. The predicted octanol–water partition coefficient (Wildman–Crippen LogP) is 3.43. The highest BCUT2D eigenvalue weighted by Gasteiger charge is 2.10. The molecule has 3 aromatic rings. The minimum Gasteiger partial charge on any atom is -0.292 e. The van der Waals surface area contributed by atoms with E-state index in [0.717, 1.165) is 26.5 Å². The van der Waals surface area contributed by atoms with E-state index in [-0.39, 0.29) is 5.56 Å². The molecule has 0 radical (unpaired) electrons. The Morgan fingerprint density at radius 1 is 1.15 bits per heavy atom. The first-order valence-corrected chi connectivity index (χ1v) is 7.39. The van der Waals surface area contributed by atoms with Gasteiger partial charge in [0.15, 0.2) is 0 Å². The molecule has 0 spiro atoms. The van der Waals surface area contributed by atoms with Crippen molar-refractivity contribution in [1.82, 2.24) is 9.55 Å². The molecule has 3 nitrogen and oxygen atoms in total. The van der Waals surface area contributed by atoms with Gasteiger partial charge in [-0.3, -0.25) is 9.36 Å². The average molecular weight is 284 g/mol. The lowest BCUT2D eigenvalue weighted by molar-refractivity contribution is 0.713. The minimum absolute atomic E-state index is 0.0532. The molecule has 0 fully saturated rings. The van der Waals surface area contributed by atoms with Crippen molar-refractivity contribution in [2.45, 2.75) is 27.3 Å². The van der Waals surface area contributed by atoms with Crippen LogP contribution in [-0.4, -0.2) is 9.55 Å². The SMILES string of the molecule is Cc1ccc(Cn2c(C)nc3sc(C)cc3c2=O)cc1. The lowest BCUT2D eigenvalue weighted by Gasteiger charge is -2.09. The third-order valence-electron chi connectivity index (χ3n) is 3.43. The number of thiophene rings is 1. The maximum Gasteiger partial charge on any atom is 0.262 e. The number of aromatic nitrogens is 2. The van der Waals surface area contributed by atoms with E-state index in [1.165, 1.54) is 5.56 Å². The van der Waals surface area contributed by atoms with Crippen LogP contribution in [0.25, 0.3) is 10.2 Å². The van der Waals surface area contributed by atoms with Crippen LogP contribution in [-0.2, 0) is 6.54 Å². The molecule has 0 atom stereocenters. The highest BCUT2D eigenvalue weighted by molar-refractivity contribution is 7.18. The van der Waals surface area contributed by atoms with Crippen molar-refractivity contribution in [3.8, 4) is 0 Å². The summed E-state index contributed by atoms with van der Waals surface area (Å²) in [6.45, 7) is 6.53. The van der Waals surface area contributed by atoms with Gasteiger partial charge in [-0.25, -0.2) is 4.98 Å². The van der Waals surface area contributed by atoms with Gasteiger partial charge >= 0.3 is 0 Å². The molecule has 3 rings (SSSR count). The van der Waals surface area contributed by atoms with Gasteiger partial charge in [0, 0.05) is 4.88 Å². The number of hydrogen-bond acceptors (Lipinski definition) is 3. The van der Waals surface area contributed by atoms with Crippen molar-refractivity contribution >= 4 is 21.6 Å². The molecule has 0 N–H and O–H groups in total. The number of benzene rings is 1. The molecule has 0 amide bonds. The Hall–Kier alpha value is -1.94. The van der Waals surface area contributed by atoms with Gasteiger partial charge in [0.25, 0.3) is 5.56 Å². The fourth-order valence-corrected chi connectivity index (χ4v) is 3.22. The quantitative estimate of drug-likeness (QED) is 0.722. The van der Waals surface area contributed by atoms with Crippen LogP contribution in [0.5, 0.6) is 0 Å². The zero-order valence-corrected chi connectivity index (χ0v) is 12.6. The lowest BCUT2D eigenvalue weighted by atomic mass is 10.1. The monoisotopic (exact) mass is 284 g/mol. The summed E-state index contributed by atoms with van der Waals surface area (Å²) in [5, 5.41) is 0.727. The topological polar surface area (TPSA) is 34.9 Å². The lowest BCUT2D eigenvalue weighted by Crippen LogP contribution is -2.23. The van der Waals surface area contributed by atoms with E-state index in [9.17, 15) is 4.79 Å². The number of rotatable bonds is 2. The fourth-order valence-electron chi connectivity index (χ4n) is 2.30. The standard InChI is InChI=1S/C16H16N2OS/c1-10-4-6-13(7-5-10)9-18-12(3)17-15-14(16(18)19)8-11(2)20-15/h4-8H,9H2,1-3H3. The smallest absolute Gasteiger partial charge is 0.262 e. The van der Waals surface area contributed by atoms with E-state index >= 15 is 0 Å². The average Bonchev–Trinajstić information content (AvgIpc) is 2.77. The molecule has 0 aliphatic carbocycles. The number of aryl methyl sites for hydroxylation is 3. The summed E-state index contributed by atoms with van der Waals surface area (Å²) in [5.74, 6) is 0.768. The maximum atomic E-state index is 12.6. The van der Waals surface area contributed by atoms with Crippen molar-refractivity contribution in [2.24, 2.45) is 0 Å². The Morgan fingerprint density at radius 2 is 1.85 bits per heavy atom.